The van der Waals surface area contributed by atoms with Gasteiger partial charge in [-0.25, -0.2) is 4.98 Å². The first-order chi connectivity index (χ1) is 6.88. The third-order valence-corrected chi connectivity index (χ3v) is 1.59. The number of hydrogen-bond acceptors (Lipinski definition) is 5. The number of aromatic amines is 1. The van der Waals surface area contributed by atoms with E-state index < -0.39 is 0 Å². The van der Waals surface area contributed by atoms with Gasteiger partial charge in [0.2, 0.25) is 11.8 Å². The van der Waals surface area contributed by atoms with Crippen LogP contribution in [-0.4, -0.2) is 27.3 Å². The van der Waals surface area contributed by atoms with Crippen molar-refractivity contribution in [1.29, 1.82) is 0 Å². The smallest absolute Gasteiger partial charge is 0.230 e. The number of hydrogen-bond donors (Lipinski definition) is 2. The first-order valence-corrected chi connectivity index (χ1v) is 4.01. The van der Waals surface area contributed by atoms with E-state index in [9.17, 15) is 0 Å². The average molecular weight is 191 g/mol. The molecule has 6 nitrogen and oxygen atoms in total. The number of ether oxygens (including phenoxy) is 1. The first-order valence-electron chi connectivity index (χ1n) is 4.01. The molecule has 2 heterocycles. The van der Waals surface area contributed by atoms with E-state index in [2.05, 4.69) is 25.5 Å². The van der Waals surface area contributed by atoms with Crippen LogP contribution in [0, 0.1) is 0 Å². The van der Waals surface area contributed by atoms with Crippen molar-refractivity contribution >= 4 is 11.6 Å². The number of methoxy groups -OCH3 is 1. The zero-order valence-corrected chi connectivity index (χ0v) is 7.56. The van der Waals surface area contributed by atoms with Crippen molar-refractivity contribution in [3.8, 4) is 5.88 Å². The summed E-state index contributed by atoms with van der Waals surface area (Å²) in [4.78, 5) is 8.10. The van der Waals surface area contributed by atoms with Crippen molar-refractivity contribution in [2.45, 2.75) is 0 Å². The van der Waals surface area contributed by atoms with E-state index in [-0.39, 0.29) is 0 Å². The van der Waals surface area contributed by atoms with Crippen molar-refractivity contribution in [3.05, 3.63) is 24.7 Å². The number of anilines is 2. The van der Waals surface area contributed by atoms with E-state index in [0.29, 0.717) is 11.8 Å². The molecule has 14 heavy (non-hydrogen) atoms. The van der Waals surface area contributed by atoms with E-state index in [1.54, 1.807) is 31.8 Å². The van der Waals surface area contributed by atoms with Gasteiger partial charge in [0.25, 0.3) is 0 Å². The van der Waals surface area contributed by atoms with Crippen LogP contribution >= 0.6 is 0 Å². The van der Waals surface area contributed by atoms with Gasteiger partial charge >= 0.3 is 0 Å². The van der Waals surface area contributed by atoms with E-state index in [1.807, 2.05) is 0 Å². The standard InChI is InChI=1S/C8H9N5O/c1-14-7-2-3-9-8(13-7)12-6-4-10-11-5-6/h2-5H,1H3,(H,10,11)(H,9,12,13). The van der Waals surface area contributed by atoms with Crippen LogP contribution in [0.5, 0.6) is 5.88 Å². The summed E-state index contributed by atoms with van der Waals surface area (Å²) in [7, 11) is 1.56. The second-order valence-corrected chi connectivity index (χ2v) is 2.53. The third kappa shape index (κ3) is 1.79. The minimum Gasteiger partial charge on any atom is -0.481 e. The molecule has 0 bridgehead atoms. The second-order valence-electron chi connectivity index (χ2n) is 2.53. The summed E-state index contributed by atoms with van der Waals surface area (Å²) in [5.74, 6) is 0.997. The summed E-state index contributed by atoms with van der Waals surface area (Å²) < 4.78 is 4.96. The Balaban J connectivity index is 2.17. The number of aromatic nitrogens is 4. The Morgan fingerprint density at radius 1 is 1.50 bits per heavy atom. The maximum atomic E-state index is 4.96. The number of rotatable bonds is 3. The lowest BCUT2D eigenvalue weighted by Gasteiger charge is -2.02. The van der Waals surface area contributed by atoms with Gasteiger partial charge in [0.1, 0.15) is 0 Å². The molecule has 0 aliphatic rings. The lowest BCUT2D eigenvalue weighted by atomic mass is 10.5. The van der Waals surface area contributed by atoms with Gasteiger partial charge in [0, 0.05) is 18.5 Å². The SMILES string of the molecule is COc1ccnc(Nc2cn[nH]c2)n1. The Hall–Kier alpha value is -2.11. The van der Waals surface area contributed by atoms with E-state index in [0.717, 1.165) is 5.69 Å². The number of nitrogens with one attached hydrogen (secondary N) is 2. The summed E-state index contributed by atoms with van der Waals surface area (Å²) in [6.07, 6.45) is 4.97. The van der Waals surface area contributed by atoms with Crippen LogP contribution in [0.4, 0.5) is 11.6 Å². The summed E-state index contributed by atoms with van der Waals surface area (Å²) in [6, 6.07) is 1.68. The van der Waals surface area contributed by atoms with Crippen LogP contribution in [0.15, 0.2) is 24.7 Å². The first kappa shape index (κ1) is 8.49. The fraction of sp³-hybridized carbons (Fsp3) is 0.125. The van der Waals surface area contributed by atoms with E-state index >= 15 is 0 Å². The van der Waals surface area contributed by atoms with Crippen LogP contribution in [0.25, 0.3) is 0 Å². The molecule has 6 heteroatoms. The van der Waals surface area contributed by atoms with Gasteiger partial charge in [0.15, 0.2) is 0 Å². The van der Waals surface area contributed by atoms with Gasteiger partial charge in [0.05, 0.1) is 19.0 Å². The summed E-state index contributed by atoms with van der Waals surface area (Å²) in [5, 5.41) is 9.43. The maximum absolute atomic E-state index is 4.96. The highest BCUT2D eigenvalue weighted by atomic mass is 16.5. The Bertz CT molecular complexity index is 400. The monoisotopic (exact) mass is 191 g/mol. The lowest BCUT2D eigenvalue weighted by Crippen LogP contribution is -1.97. The molecule has 0 atom stereocenters. The Morgan fingerprint density at radius 2 is 2.43 bits per heavy atom. The van der Waals surface area contributed by atoms with Gasteiger partial charge in [-0.05, 0) is 0 Å². The van der Waals surface area contributed by atoms with E-state index in [1.165, 1.54) is 0 Å². The van der Waals surface area contributed by atoms with Crippen molar-refractivity contribution in [2.75, 3.05) is 12.4 Å². The predicted octanol–water partition coefficient (Wildman–Crippen LogP) is 0.952. The van der Waals surface area contributed by atoms with Crippen molar-refractivity contribution in [2.24, 2.45) is 0 Å². The molecule has 0 saturated heterocycles. The Morgan fingerprint density at radius 3 is 3.14 bits per heavy atom. The Labute approximate surface area is 80.4 Å². The van der Waals surface area contributed by atoms with Crippen LogP contribution in [0.2, 0.25) is 0 Å². The molecule has 2 N–H and O–H groups in total. The zero-order chi connectivity index (χ0) is 9.80. The highest BCUT2D eigenvalue weighted by molar-refractivity contribution is 5.50. The quantitative estimate of drug-likeness (QED) is 0.755. The molecule has 2 aromatic rings. The molecule has 0 aliphatic carbocycles. The van der Waals surface area contributed by atoms with Crippen molar-refractivity contribution < 1.29 is 4.74 Å². The molecule has 0 amide bonds. The summed E-state index contributed by atoms with van der Waals surface area (Å²) >= 11 is 0. The van der Waals surface area contributed by atoms with Gasteiger partial charge < -0.3 is 10.1 Å². The Kier molecular flexibility index (Phi) is 2.26. The number of H-pyrrole nitrogens is 1. The maximum Gasteiger partial charge on any atom is 0.230 e. The summed E-state index contributed by atoms with van der Waals surface area (Å²) in [6.45, 7) is 0. The largest absolute Gasteiger partial charge is 0.481 e. The molecule has 0 saturated carbocycles. The molecule has 2 rings (SSSR count). The fourth-order valence-corrected chi connectivity index (χ4v) is 0.964. The molecule has 0 aromatic carbocycles. The van der Waals surface area contributed by atoms with Crippen LogP contribution < -0.4 is 10.1 Å². The molecular formula is C8H9N5O. The third-order valence-electron chi connectivity index (χ3n) is 1.59. The van der Waals surface area contributed by atoms with Gasteiger partial charge in [-0.1, -0.05) is 0 Å². The molecule has 0 fully saturated rings. The molecular weight excluding hydrogens is 182 g/mol. The average Bonchev–Trinajstić information content (AvgIpc) is 2.71. The summed E-state index contributed by atoms with van der Waals surface area (Å²) in [5.41, 5.74) is 0.804. The van der Waals surface area contributed by atoms with Crippen LogP contribution in [0.3, 0.4) is 0 Å². The molecule has 0 unspecified atom stereocenters. The van der Waals surface area contributed by atoms with Gasteiger partial charge in [-0.2, -0.15) is 10.1 Å². The molecule has 0 aliphatic heterocycles. The zero-order valence-electron chi connectivity index (χ0n) is 7.56. The normalized spacial score (nSPS) is 9.79. The predicted molar refractivity (Wildman–Crippen MR) is 50.5 cm³/mol. The fourth-order valence-electron chi connectivity index (χ4n) is 0.964. The minimum atomic E-state index is 0.478. The highest BCUT2D eigenvalue weighted by Crippen LogP contribution is 2.12. The highest BCUT2D eigenvalue weighted by Gasteiger charge is 1.99. The van der Waals surface area contributed by atoms with E-state index in [4.69, 9.17) is 4.74 Å². The van der Waals surface area contributed by atoms with Crippen LogP contribution in [0.1, 0.15) is 0 Å². The lowest BCUT2D eigenvalue weighted by molar-refractivity contribution is 0.397. The molecule has 0 spiro atoms. The second kappa shape index (κ2) is 3.73. The number of nitrogens with zero attached hydrogens (tertiary/aromatic N) is 3. The van der Waals surface area contributed by atoms with Crippen molar-refractivity contribution in [3.63, 3.8) is 0 Å². The molecule has 72 valence electrons. The minimum absolute atomic E-state index is 0.478. The molecule has 0 radical (unpaired) electrons. The van der Waals surface area contributed by atoms with Gasteiger partial charge in [-0.15, -0.1) is 0 Å². The van der Waals surface area contributed by atoms with Crippen molar-refractivity contribution in [1.82, 2.24) is 20.2 Å². The van der Waals surface area contributed by atoms with Crippen LogP contribution in [-0.2, 0) is 0 Å². The topological polar surface area (TPSA) is 75.7 Å². The molecule has 2 aromatic heterocycles. The van der Waals surface area contributed by atoms with Gasteiger partial charge in [-0.3, -0.25) is 5.10 Å².